The maximum Gasteiger partial charge on any atom is 0.0256 e. The molecule has 3 heteroatoms. The van der Waals surface area contributed by atoms with Crippen molar-refractivity contribution in [2.75, 3.05) is 5.33 Å². The van der Waals surface area contributed by atoms with E-state index in [2.05, 4.69) is 61.6 Å². The van der Waals surface area contributed by atoms with E-state index in [1.165, 1.54) is 0 Å². The molecule has 0 spiro atoms. The maximum absolute atomic E-state index is 3.92. The minimum atomic E-state index is 0.00887. The van der Waals surface area contributed by atoms with Crippen molar-refractivity contribution in [3.63, 3.8) is 0 Å². The van der Waals surface area contributed by atoms with Crippen LogP contribution in [-0.2, 0) is 0 Å². The molecule has 0 amide bonds. The van der Waals surface area contributed by atoms with E-state index in [1.807, 2.05) is 0 Å². The van der Waals surface area contributed by atoms with Crippen molar-refractivity contribution >= 4 is 47.8 Å². The van der Waals surface area contributed by atoms with Crippen molar-refractivity contribution in [1.82, 2.24) is 0 Å². The Bertz CT molecular complexity index is 74.9. The van der Waals surface area contributed by atoms with E-state index in [0.29, 0.717) is 4.83 Å². The molecule has 9 heavy (non-hydrogen) atoms. The summed E-state index contributed by atoms with van der Waals surface area (Å²) in [5.41, 5.74) is 0. The lowest BCUT2D eigenvalue weighted by Gasteiger charge is -2.17. The van der Waals surface area contributed by atoms with Gasteiger partial charge in [-0.25, -0.2) is 0 Å². The summed E-state index contributed by atoms with van der Waals surface area (Å²) in [4.78, 5) is 0.513. The molecule has 0 aromatic rings. The largest absolute Gasteiger partial charge is 0.0916 e. The van der Waals surface area contributed by atoms with Crippen molar-refractivity contribution in [2.24, 2.45) is 0 Å². The Morgan fingerprint density at radius 3 is 2.22 bits per heavy atom. The molecule has 0 fully saturated rings. The second-order valence-corrected chi connectivity index (χ2v) is 6.23. The number of halogens is 3. The first kappa shape index (κ1) is 10.4. The lowest BCUT2D eigenvalue weighted by atomic mass is 10.1. The molecule has 0 saturated carbocycles. The first-order valence-electron chi connectivity index (χ1n) is 2.70. The molecule has 0 aromatic carbocycles. The zero-order valence-corrected chi connectivity index (χ0v) is 10.1. The summed E-state index contributed by atoms with van der Waals surface area (Å²) >= 11 is 10.3. The first-order chi connectivity index (χ1) is 3.95. The Morgan fingerprint density at radius 1 is 1.67 bits per heavy atom. The van der Waals surface area contributed by atoms with E-state index in [-0.39, 0.29) is 4.32 Å². The van der Waals surface area contributed by atoms with Crippen LogP contribution in [0.2, 0.25) is 0 Å². The predicted octanol–water partition coefficient (Wildman–Crippen LogP) is 3.52. The van der Waals surface area contributed by atoms with Crippen LogP contribution in [-0.4, -0.2) is 14.5 Å². The average molecular weight is 322 g/mol. The van der Waals surface area contributed by atoms with E-state index in [0.717, 1.165) is 11.8 Å². The average Bonchev–Trinajstić information content (AvgIpc) is 1.62. The molecule has 2 atom stereocenters. The quantitative estimate of drug-likeness (QED) is 0.698. The van der Waals surface area contributed by atoms with Crippen LogP contribution in [0.15, 0.2) is 0 Å². The summed E-state index contributed by atoms with van der Waals surface area (Å²) in [7, 11) is 0. The van der Waals surface area contributed by atoms with Gasteiger partial charge >= 0.3 is 0 Å². The van der Waals surface area contributed by atoms with Gasteiger partial charge in [-0.2, -0.15) is 0 Å². The lowest BCUT2D eigenvalue weighted by Crippen LogP contribution is -2.17. The Hall–Kier alpha value is 1.44. The number of hydrogen-bond acceptors (Lipinski definition) is 0. The van der Waals surface area contributed by atoms with Crippen LogP contribution in [0.3, 0.4) is 0 Å². The molecule has 2 unspecified atom stereocenters. The van der Waals surface area contributed by atoms with Gasteiger partial charge in [-0.3, -0.25) is 0 Å². The topological polar surface area (TPSA) is 0 Å². The van der Waals surface area contributed by atoms with Crippen LogP contribution in [0.25, 0.3) is 0 Å². The molecule has 0 rings (SSSR count). The molecule has 1 radical (unpaired) electrons. The molecule has 0 aromatic heterocycles. The van der Waals surface area contributed by atoms with Gasteiger partial charge in [-0.15, -0.1) is 0 Å². The molecule has 0 bridgehead atoms. The van der Waals surface area contributed by atoms with Crippen molar-refractivity contribution in [3.8, 4) is 0 Å². The third-order valence-corrected chi connectivity index (χ3v) is 3.44. The van der Waals surface area contributed by atoms with Gasteiger partial charge in [0.05, 0.1) is 0 Å². The van der Waals surface area contributed by atoms with E-state index in [9.17, 15) is 0 Å². The highest BCUT2D eigenvalue weighted by molar-refractivity contribution is 9.12. The van der Waals surface area contributed by atoms with Crippen LogP contribution in [0.5, 0.6) is 0 Å². The molecule has 0 aliphatic heterocycles. The predicted molar refractivity (Wildman–Crippen MR) is 53.8 cm³/mol. The Kier molecular flexibility index (Phi) is 5.04. The van der Waals surface area contributed by atoms with Gasteiger partial charge in [-0.1, -0.05) is 47.8 Å². The Labute approximate surface area is 82.2 Å². The fourth-order valence-corrected chi connectivity index (χ4v) is 2.29. The summed E-state index contributed by atoms with van der Waals surface area (Å²) in [6, 6.07) is 0. The second-order valence-electron chi connectivity index (χ2n) is 2.37. The highest BCUT2D eigenvalue weighted by atomic mass is 79.9. The molecule has 0 aliphatic rings. The fraction of sp³-hybridized carbons (Fsp3) is 0.833. The SMILES string of the molecule is [CH2]C(C)(Br)CC(Br)CBr. The van der Waals surface area contributed by atoms with Gasteiger partial charge in [-0.05, 0) is 20.3 Å². The molecule has 0 N–H and O–H groups in total. The van der Waals surface area contributed by atoms with Crippen molar-refractivity contribution in [3.05, 3.63) is 6.92 Å². The summed E-state index contributed by atoms with van der Waals surface area (Å²) in [6.45, 7) is 5.98. The molecule has 0 saturated heterocycles. The van der Waals surface area contributed by atoms with E-state index >= 15 is 0 Å². The van der Waals surface area contributed by atoms with Crippen molar-refractivity contribution in [1.29, 1.82) is 0 Å². The van der Waals surface area contributed by atoms with E-state index < -0.39 is 0 Å². The van der Waals surface area contributed by atoms with Gasteiger partial charge < -0.3 is 0 Å². The Morgan fingerprint density at radius 2 is 2.11 bits per heavy atom. The van der Waals surface area contributed by atoms with Gasteiger partial charge in [0.25, 0.3) is 0 Å². The molecule has 55 valence electrons. The number of hydrogen-bond donors (Lipinski definition) is 0. The zero-order valence-electron chi connectivity index (χ0n) is 5.33. The van der Waals surface area contributed by atoms with Gasteiger partial charge in [0.1, 0.15) is 0 Å². The van der Waals surface area contributed by atoms with E-state index in [1.54, 1.807) is 0 Å². The number of alkyl halides is 3. The third-order valence-electron chi connectivity index (χ3n) is 0.815. The molecule has 0 nitrogen and oxygen atoms in total. The van der Waals surface area contributed by atoms with Crippen LogP contribution in [0, 0.1) is 6.92 Å². The number of rotatable bonds is 3. The highest BCUT2D eigenvalue weighted by Gasteiger charge is 2.16. The molecule has 0 heterocycles. The fourth-order valence-electron chi connectivity index (χ4n) is 0.516. The van der Waals surface area contributed by atoms with Gasteiger partial charge in [0.15, 0.2) is 0 Å². The second kappa shape index (κ2) is 4.35. The van der Waals surface area contributed by atoms with Gasteiger partial charge in [0, 0.05) is 14.5 Å². The summed E-state index contributed by atoms with van der Waals surface area (Å²) in [5.74, 6) is 0. The summed E-state index contributed by atoms with van der Waals surface area (Å²) < 4.78 is 0.00887. The minimum Gasteiger partial charge on any atom is -0.0916 e. The first-order valence-corrected chi connectivity index (χ1v) is 5.53. The van der Waals surface area contributed by atoms with Crippen LogP contribution in [0.4, 0.5) is 0 Å². The minimum absolute atomic E-state index is 0.00887. The van der Waals surface area contributed by atoms with Crippen LogP contribution in [0.1, 0.15) is 13.3 Å². The smallest absolute Gasteiger partial charge is 0.0256 e. The summed E-state index contributed by atoms with van der Waals surface area (Å²) in [6.07, 6.45) is 1.03. The van der Waals surface area contributed by atoms with Crippen LogP contribution < -0.4 is 0 Å². The van der Waals surface area contributed by atoms with Crippen LogP contribution >= 0.6 is 47.8 Å². The monoisotopic (exact) mass is 319 g/mol. The summed E-state index contributed by atoms with van der Waals surface area (Å²) in [5, 5.41) is 0.976. The van der Waals surface area contributed by atoms with E-state index in [4.69, 9.17) is 0 Å². The van der Waals surface area contributed by atoms with Crippen molar-refractivity contribution in [2.45, 2.75) is 22.5 Å². The van der Waals surface area contributed by atoms with Crippen molar-refractivity contribution < 1.29 is 0 Å². The highest BCUT2D eigenvalue weighted by Crippen LogP contribution is 2.25. The Balaban J connectivity index is 3.47. The maximum atomic E-state index is 3.92. The van der Waals surface area contributed by atoms with Gasteiger partial charge in [0.2, 0.25) is 0 Å². The normalized spacial score (nSPS) is 15.7. The molecular formula is C6H10Br3. The molecular weight excluding hydrogens is 312 g/mol. The molecule has 0 aliphatic carbocycles. The lowest BCUT2D eigenvalue weighted by molar-refractivity contribution is 0.715. The standard InChI is InChI=1S/C6H10Br3/c1-6(2,9)3-5(8)4-7/h5H,1,3-4H2,2H3. The third kappa shape index (κ3) is 7.34. The zero-order chi connectivity index (χ0) is 7.49.